The van der Waals surface area contributed by atoms with Crippen molar-refractivity contribution in [2.75, 3.05) is 0 Å². The van der Waals surface area contributed by atoms with Crippen LogP contribution in [0.15, 0.2) is 152 Å². The van der Waals surface area contributed by atoms with E-state index in [9.17, 15) is 0 Å². The quantitative estimate of drug-likeness (QED) is 0.164. The summed E-state index contributed by atoms with van der Waals surface area (Å²) >= 11 is 0. The smallest absolute Gasteiger partial charge is 0.0159 e. The van der Waals surface area contributed by atoms with Crippen LogP contribution in [0.2, 0.25) is 0 Å². The van der Waals surface area contributed by atoms with Crippen LogP contribution >= 0.6 is 0 Å². The van der Waals surface area contributed by atoms with E-state index in [-0.39, 0.29) is 5.41 Å². The first-order valence-electron chi connectivity index (χ1n) is 19.7. The fourth-order valence-electron chi connectivity index (χ4n) is 9.01. The summed E-state index contributed by atoms with van der Waals surface area (Å²) in [4.78, 5) is 0. The third-order valence-corrected chi connectivity index (χ3v) is 11.9. The molecule has 3 aliphatic carbocycles. The van der Waals surface area contributed by atoms with E-state index in [0.29, 0.717) is 11.8 Å². The average molecular weight is 687 g/mol. The molecule has 2 unspecified atom stereocenters. The van der Waals surface area contributed by atoms with E-state index >= 15 is 0 Å². The fraction of sp³-hybridized carbons (Fsp3) is 0.208. The highest BCUT2D eigenvalue weighted by Gasteiger charge is 2.35. The lowest BCUT2D eigenvalue weighted by molar-refractivity contribution is 0.660. The molecule has 0 amide bonds. The number of rotatable bonds is 6. The van der Waals surface area contributed by atoms with Crippen LogP contribution < -0.4 is 10.4 Å². The molecular formula is C53H50. The Labute approximate surface area is 316 Å². The van der Waals surface area contributed by atoms with Crippen molar-refractivity contribution >= 4 is 11.6 Å². The van der Waals surface area contributed by atoms with E-state index in [2.05, 4.69) is 185 Å². The van der Waals surface area contributed by atoms with Gasteiger partial charge in [0.2, 0.25) is 0 Å². The predicted molar refractivity (Wildman–Crippen MR) is 229 cm³/mol. The number of allylic oxidation sites excluding steroid dienone is 4. The molecule has 2 atom stereocenters. The van der Waals surface area contributed by atoms with Crippen LogP contribution in [0.5, 0.6) is 0 Å². The molecule has 0 radical (unpaired) electrons. The van der Waals surface area contributed by atoms with Crippen LogP contribution in [-0.2, 0) is 5.41 Å². The number of hydrogen-bond acceptors (Lipinski definition) is 0. The van der Waals surface area contributed by atoms with Gasteiger partial charge < -0.3 is 0 Å². The molecule has 262 valence electrons. The van der Waals surface area contributed by atoms with Gasteiger partial charge in [0.05, 0.1) is 0 Å². The van der Waals surface area contributed by atoms with Crippen molar-refractivity contribution in [3.05, 3.63) is 179 Å². The van der Waals surface area contributed by atoms with Crippen molar-refractivity contribution in [3.63, 3.8) is 0 Å². The van der Waals surface area contributed by atoms with Crippen molar-refractivity contribution < 1.29 is 0 Å². The summed E-state index contributed by atoms with van der Waals surface area (Å²) in [7, 11) is 0. The minimum atomic E-state index is -0.0155. The first-order chi connectivity index (χ1) is 25.9. The highest BCUT2D eigenvalue weighted by Crippen LogP contribution is 2.49. The van der Waals surface area contributed by atoms with E-state index in [1.165, 1.54) is 88.3 Å². The van der Waals surface area contributed by atoms with Crippen LogP contribution in [0.1, 0.15) is 77.0 Å². The molecular weight excluding hydrogens is 637 g/mol. The van der Waals surface area contributed by atoms with Gasteiger partial charge in [0.15, 0.2) is 0 Å². The molecule has 0 heterocycles. The van der Waals surface area contributed by atoms with Crippen molar-refractivity contribution in [3.8, 4) is 55.6 Å². The average Bonchev–Trinajstić information content (AvgIpc) is 3.46. The van der Waals surface area contributed by atoms with Crippen LogP contribution in [0, 0.1) is 5.92 Å². The topological polar surface area (TPSA) is 0 Å². The molecule has 0 aromatic heterocycles. The highest BCUT2D eigenvalue weighted by atomic mass is 14.4. The first kappa shape index (κ1) is 34.6. The fourth-order valence-corrected chi connectivity index (χ4v) is 9.01. The predicted octanol–water partition coefficient (Wildman–Crippen LogP) is 13.3. The molecule has 53 heavy (non-hydrogen) atoms. The first-order valence-corrected chi connectivity index (χ1v) is 19.7. The van der Waals surface area contributed by atoms with Gasteiger partial charge in [0.1, 0.15) is 0 Å². The van der Waals surface area contributed by atoms with E-state index < -0.39 is 0 Å². The maximum Gasteiger partial charge on any atom is 0.0159 e. The van der Waals surface area contributed by atoms with Crippen molar-refractivity contribution in [2.24, 2.45) is 5.92 Å². The lowest BCUT2D eigenvalue weighted by Gasteiger charge is -2.23. The summed E-state index contributed by atoms with van der Waals surface area (Å²) in [6.07, 6.45) is 13.7. The van der Waals surface area contributed by atoms with Gasteiger partial charge in [-0.1, -0.05) is 181 Å². The van der Waals surface area contributed by atoms with Crippen LogP contribution in [-0.4, -0.2) is 0 Å². The van der Waals surface area contributed by atoms with E-state index in [1.807, 2.05) is 13.8 Å². The number of fused-ring (bicyclic) bond motifs is 5. The third-order valence-electron chi connectivity index (χ3n) is 11.9. The van der Waals surface area contributed by atoms with Gasteiger partial charge in [-0.05, 0) is 125 Å². The molecule has 0 N–H and O–H groups in total. The molecule has 0 aliphatic heterocycles. The molecule has 0 nitrogen and oxygen atoms in total. The van der Waals surface area contributed by atoms with E-state index in [4.69, 9.17) is 0 Å². The summed E-state index contributed by atoms with van der Waals surface area (Å²) in [5.74, 6) is 0.891. The SMILES string of the molecule is CC.CCC(C)c1c(-c2cccc(-c3cccc(-c4ccc5c(c4)C(C)(C)c4ccccc4-5)c3)c2)cccc1-c1cccc2c1=CCC1C=CC=CC=21. The second kappa shape index (κ2) is 14.2. The highest BCUT2D eigenvalue weighted by molar-refractivity contribution is 5.86. The lowest BCUT2D eigenvalue weighted by atomic mass is 9.80. The molecule has 0 bridgehead atoms. The molecule has 0 heteroatoms. The molecule has 0 fully saturated rings. The summed E-state index contributed by atoms with van der Waals surface area (Å²) in [6, 6.07) is 48.1. The molecule has 6 aromatic carbocycles. The zero-order valence-corrected chi connectivity index (χ0v) is 32.1. The maximum absolute atomic E-state index is 2.48. The standard InChI is InChI=1S/C51H44.C2H6/c1-5-33(2)50-41(21-12-24-47(50)43-23-13-22-42-40-19-7-6-14-34(40)26-28-44(42)43)39-18-11-17-37(31-39)35-15-10-16-36(30-35)38-27-29-46-45-20-8-9-25-48(45)51(3,4)49(46)32-38;1-2/h6-25,27-34H,5,26H2,1-4H3;1-2H3. The van der Waals surface area contributed by atoms with Gasteiger partial charge in [-0.2, -0.15) is 0 Å². The Balaban J connectivity index is 0.00000197. The lowest BCUT2D eigenvalue weighted by Crippen LogP contribution is -2.34. The van der Waals surface area contributed by atoms with Crippen LogP contribution in [0.3, 0.4) is 0 Å². The van der Waals surface area contributed by atoms with Gasteiger partial charge in [-0.15, -0.1) is 0 Å². The summed E-state index contributed by atoms with van der Waals surface area (Å²) < 4.78 is 0. The van der Waals surface area contributed by atoms with Gasteiger partial charge in [-0.3, -0.25) is 0 Å². The third kappa shape index (κ3) is 5.95. The summed E-state index contributed by atoms with van der Waals surface area (Å²) in [5.41, 5.74) is 18.8. The van der Waals surface area contributed by atoms with Crippen molar-refractivity contribution in [1.29, 1.82) is 0 Å². The minimum Gasteiger partial charge on any atom is -0.0767 e. The van der Waals surface area contributed by atoms with Crippen molar-refractivity contribution in [1.82, 2.24) is 0 Å². The maximum atomic E-state index is 2.48. The second-order valence-electron chi connectivity index (χ2n) is 15.2. The summed E-state index contributed by atoms with van der Waals surface area (Å²) in [6.45, 7) is 13.4. The van der Waals surface area contributed by atoms with Gasteiger partial charge in [0, 0.05) is 11.3 Å². The Morgan fingerprint density at radius 2 is 1.19 bits per heavy atom. The second-order valence-corrected chi connectivity index (χ2v) is 15.2. The van der Waals surface area contributed by atoms with E-state index in [1.54, 1.807) is 0 Å². The van der Waals surface area contributed by atoms with E-state index in [0.717, 1.165) is 12.8 Å². The largest absolute Gasteiger partial charge is 0.0767 e. The zero-order chi connectivity index (χ0) is 36.7. The Hall–Kier alpha value is -5.46. The molecule has 0 spiro atoms. The normalized spacial score (nSPS) is 16.3. The molecule has 6 aromatic rings. The Morgan fingerprint density at radius 1 is 0.585 bits per heavy atom. The van der Waals surface area contributed by atoms with Gasteiger partial charge >= 0.3 is 0 Å². The Morgan fingerprint density at radius 3 is 1.96 bits per heavy atom. The Kier molecular flexibility index (Phi) is 9.25. The Bertz CT molecular complexity index is 2530. The zero-order valence-electron chi connectivity index (χ0n) is 32.1. The number of hydrogen-bond donors (Lipinski definition) is 0. The van der Waals surface area contributed by atoms with Gasteiger partial charge in [0.25, 0.3) is 0 Å². The summed E-state index contributed by atoms with van der Waals surface area (Å²) in [5, 5.41) is 2.76. The molecule has 3 aliphatic rings. The number of benzene rings is 6. The minimum absolute atomic E-state index is 0.0155. The van der Waals surface area contributed by atoms with Crippen LogP contribution in [0.4, 0.5) is 0 Å². The molecule has 0 saturated carbocycles. The van der Waals surface area contributed by atoms with Gasteiger partial charge in [-0.25, -0.2) is 0 Å². The van der Waals surface area contributed by atoms with Crippen molar-refractivity contribution in [2.45, 2.75) is 65.7 Å². The molecule has 0 saturated heterocycles. The van der Waals surface area contributed by atoms with Crippen LogP contribution in [0.25, 0.3) is 67.3 Å². The molecule has 9 rings (SSSR count). The monoisotopic (exact) mass is 686 g/mol.